The Hall–Kier alpha value is -1.06. The van der Waals surface area contributed by atoms with Gasteiger partial charge in [-0.3, -0.25) is 9.59 Å². The van der Waals surface area contributed by atoms with Crippen LogP contribution in [0.4, 0.5) is 0 Å². The minimum absolute atomic E-state index is 0.00579. The first-order chi connectivity index (χ1) is 7.61. The molecule has 0 heterocycles. The quantitative estimate of drug-likeness (QED) is 0.666. The molecule has 1 amide bonds. The van der Waals surface area contributed by atoms with E-state index in [9.17, 15) is 9.59 Å². The van der Waals surface area contributed by atoms with Crippen LogP contribution in [-0.4, -0.2) is 23.0 Å². The smallest absolute Gasteiger partial charge is 0.303 e. The summed E-state index contributed by atoms with van der Waals surface area (Å²) >= 11 is 0. The highest BCUT2D eigenvalue weighted by molar-refractivity contribution is 5.77. The van der Waals surface area contributed by atoms with Crippen LogP contribution in [0, 0.1) is 5.92 Å². The number of nitrogens with one attached hydrogen (secondary N) is 1. The zero-order valence-electron chi connectivity index (χ0n) is 9.87. The van der Waals surface area contributed by atoms with Gasteiger partial charge in [-0.25, -0.2) is 0 Å². The van der Waals surface area contributed by atoms with Crippen LogP contribution in [0.25, 0.3) is 0 Å². The van der Waals surface area contributed by atoms with Gasteiger partial charge in [0.05, 0.1) is 0 Å². The predicted molar refractivity (Wildman–Crippen MR) is 61.0 cm³/mol. The molecule has 1 saturated carbocycles. The highest BCUT2D eigenvalue weighted by atomic mass is 16.4. The summed E-state index contributed by atoms with van der Waals surface area (Å²) in [6.45, 7) is 2.07. The van der Waals surface area contributed by atoms with Crippen LogP contribution in [0.2, 0.25) is 0 Å². The Balaban J connectivity index is 2.12. The molecule has 0 spiro atoms. The monoisotopic (exact) mass is 227 g/mol. The summed E-state index contributed by atoms with van der Waals surface area (Å²) in [4.78, 5) is 21.8. The molecular weight excluding hydrogens is 206 g/mol. The van der Waals surface area contributed by atoms with E-state index in [1.54, 1.807) is 0 Å². The second kappa shape index (κ2) is 6.51. The average Bonchev–Trinajstić information content (AvgIpc) is 3.00. The SMILES string of the molecule is CCC(CC1CC1)NC(=O)CCCC(=O)O. The van der Waals surface area contributed by atoms with E-state index in [2.05, 4.69) is 12.2 Å². The van der Waals surface area contributed by atoms with Gasteiger partial charge in [-0.1, -0.05) is 19.8 Å². The fraction of sp³-hybridized carbons (Fsp3) is 0.833. The van der Waals surface area contributed by atoms with Crippen LogP contribution in [0.15, 0.2) is 0 Å². The van der Waals surface area contributed by atoms with Gasteiger partial charge in [0.2, 0.25) is 5.91 Å². The number of carbonyl (C=O) groups is 2. The largest absolute Gasteiger partial charge is 0.481 e. The van der Waals surface area contributed by atoms with E-state index in [1.807, 2.05) is 0 Å². The third-order valence-corrected chi connectivity index (χ3v) is 2.97. The molecule has 1 fully saturated rings. The molecule has 0 aliphatic heterocycles. The second-order valence-electron chi connectivity index (χ2n) is 4.60. The zero-order valence-corrected chi connectivity index (χ0v) is 9.87. The van der Waals surface area contributed by atoms with Crippen molar-refractivity contribution in [3.05, 3.63) is 0 Å². The number of aliphatic carboxylic acids is 1. The summed E-state index contributed by atoms with van der Waals surface area (Å²) in [5.41, 5.74) is 0. The molecule has 2 N–H and O–H groups in total. The van der Waals surface area contributed by atoms with Crippen molar-refractivity contribution in [2.45, 2.75) is 57.9 Å². The molecule has 4 nitrogen and oxygen atoms in total. The van der Waals surface area contributed by atoms with Crippen molar-refractivity contribution in [3.63, 3.8) is 0 Å². The van der Waals surface area contributed by atoms with E-state index in [4.69, 9.17) is 5.11 Å². The standard InChI is InChI=1S/C12H21NO3/c1-2-10(8-9-6-7-9)13-11(14)4-3-5-12(15)16/h9-10H,2-8H2,1H3,(H,13,14)(H,15,16). The van der Waals surface area contributed by atoms with E-state index < -0.39 is 5.97 Å². The lowest BCUT2D eigenvalue weighted by Gasteiger charge is -2.16. The van der Waals surface area contributed by atoms with Crippen molar-refractivity contribution < 1.29 is 14.7 Å². The molecule has 4 heteroatoms. The molecular formula is C12H21NO3. The fourth-order valence-electron chi connectivity index (χ4n) is 1.78. The maximum atomic E-state index is 11.5. The highest BCUT2D eigenvalue weighted by Gasteiger charge is 2.25. The normalized spacial score (nSPS) is 16.8. The van der Waals surface area contributed by atoms with E-state index in [0.717, 1.165) is 18.8 Å². The summed E-state index contributed by atoms with van der Waals surface area (Å²) in [5, 5.41) is 11.4. The van der Waals surface area contributed by atoms with Gasteiger partial charge in [-0.05, 0) is 25.2 Å². The van der Waals surface area contributed by atoms with Gasteiger partial charge >= 0.3 is 5.97 Å². The van der Waals surface area contributed by atoms with Gasteiger partial charge in [0.25, 0.3) is 0 Å². The number of hydrogen-bond acceptors (Lipinski definition) is 2. The molecule has 0 aromatic heterocycles. The number of carboxylic acid groups (broad SMARTS) is 1. The second-order valence-corrected chi connectivity index (χ2v) is 4.60. The van der Waals surface area contributed by atoms with Gasteiger partial charge in [-0.2, -0.15) is 0 Å². The van der Waals surface area contributed by atoms with Gasteiger partial charge in [-0.15, -0.1) is 0 Å². The van der Waals surface area contributed by atoms with E-state index in [0.29, 0.717) is 12.8 Å². The number of amides is 1. The van der Waals surface area contributed by atoms with Crippen molar-refractivity contribution >= 4 is 11.9 Å². The first-order valence-corrected chi connectivity index (χ1v) is 6.13. The molecule has 1 aliphatic carbocycles. The van der Waals surface area contributed by atoms with Crippen molar-refractivity contribution in [2.24, 2.45) is 5.92 Å². The fourth-order valence-corrected chi connectivity index (χ4v) is 1.78. The lowest BCUT2D eigenvalue weighted by atomic mass is 10.1. The summed E-state index contributed by atoms with van der Waals surface area (Å²) in [7, 11) is 0. The minimum Gasteiger partial charge on any atom is -0.481 e. The van der Waals surface area contributed by atoms with Gasteiger partial charge in [0.15, 0.2) is 0 Å². The predicted octanol–water partition coefficient (Wildman–Crippen LogP) is 1.94. The first kappa shape index (κ1) is 13.0. The first-order valence-electron chi connectivity index (χ1n) is 6.13. The van der Waals surface area contributed by atoms with E-state index >= 15 is 0 Å². The molecule has 0 bridgehead atoms. The topological polar surface area (TPSA) is 66.4 Å². The van der Waals surface area contributed by atoms with Crippen LogP contribution in [0.1, 0.15) is 51.9 Å². The van der Waals surface area contributed by atoms with Crippen LogP contribution in [0.5, 0.6) is 0 Å². The summed E-state index contributed by atoms with van der Waals surface area (Å²) in [6, 6.07) is 0.282. The Morgan fingerprint density at radius 3 is 2.56 bits per heavy atom. The molecule has 1 rings (SSSR count). The minimum atomic E-state index is -0.835. The maximum absolute atomic E-state index is 11.5. The number of rotatable bonds is 8. The summed E-state index contributed by atoms with van der Waals surface area (Å²) in [6.07, 6.45) is 5.47. The van der Waals surface area contributed by atoms with Crippen LogP contribution >= 0.6 is 0 Å². The van der Waals surface area contributed by atoms with Crippen molar-refractivity contribution in [1.29, 1.82) is 0 Å². The Morgan fingerprint density at radius 2 is 2.06 bits per heavy atom. The molecule has 0 saturated heterocycles. The molecule has 0 radical (unpaired) electrons. The Kier molecular flexibility index (Phi) is 5.29. The third kappa shape index (κ3) is 5.73. The van der Waals surface area contributed by atoms with Gasteiger partial charge in [0, 0.05) is 18.9 Å². The van der Waals surface area contributed by atoms with Crippen LogP contribution in [0.3, 0.4) is 0 Å². The molecule has 0 aromatic rings. The lowest BCUT2D eigenvalue weighted by molar-refractivity contribution is -0.137. The Labute approximate surface area is 96.4 Å². The lowest BCUT2D eigenvalue weighted by Crippen LogP contribution is -2.34. The zero-order chi connectivity index (χ0) is 12.0. The Bertz CT molecular complexity index is 249. The molecule has 92 valence electrons. The molecule has 1 unspecified atom stereocenters. The molecule has 1 aliphatic rings. The maximum Gasteiger partial charge on any atom is 0.303 e. The van der Waals surface area contributed by atoms with Crippen molar-refractivity contribution in [2.75, 3.05) is 0 Å². The number of carbonyl (C=O) groups excluding carboxylic acids is 1. The molecule has 1 atom stereocenters. The highest BCUT2D eigenvalue weighted by Crippen LogP contribution is 2.34. The van der Waals surface area contributed by atoms with E-state index in [-0.39, 0.29) is 18.4 Å². The Morgan fingerprint density at radius 1 is 1.38 bits per heavy atom. The van der Waals surface area contributed by atoms with Gasteiger partial charge < -0.3 is 10.4 Å². The molecule has 0 aromatic carbocycles. The van der Waals surface area contributed by atoms with Crippen molar-refractivity contribution in [1.82, 2.24) is 5.32 Å². The number of hydrogen-bond donors (Lipinski definition) is 2. The van der Waals surface area contributed by atoms with Crippen LogP contribution < -0.4 is 5.32 Å². The summed E-state index contributed by atoms with van der Waals surface area (Å²) in [5.74, 6) is -0.0316. The van der Waals surface area contributed by atoms with Crippen LogP contribution in [-0.2, 0) is 9.59 Å². The average molecular weight is 227 g/mol. The van der Waals surface area contributed by atoms with Crippen molar-refractivity contribution in [3.8, 4) is 0 Å². The van der Waals surface area contributed by atoms with E-state index in [1.165, 1.54) is 12.8 Å². The number of carboxylic acids is 1. The summed E-state index contributed by atoms with van der Waals surface area (Å²) < 4.78 is 0. The van der Waals surface area contributed by atoms with Gasteiger partial charge in [0.1, 0.15) is 0 Å². The molecule has 16 heavy (non-hydrogen) atoms. The third-order valence-electron chi connectivity index (χ3n) is 2.97.